The number of halogens is 1. The summed E-state index contributed by atoms with van der Waals surface area (Å²) >= 11 is 7.73. The minimum atomic E-state index is -0.666. The first-order chi connectivity index (χ1) is 8.49. The standard InChI is InChI=1S/C13H19ClN2OS/c1-3-16-13(2,12(15)17)9-18-8-10-6-4-5-7-11(10)14/h4-7,16H,3,8-9H2,1-2H3,(H2,15,17). The van der Waals surface area contributed by atoms with Crippen LogP contribution in [0.1, 0.15) is 19.4 Å². The van der Waals surface area contributed by atoms with Gasteiger partial charge in [0.15, 0.2) is 0 Å². The number of carbonyl (C=O) groups excluding carboxylic acids is 1. The molecule has 1 atom stereocenters. The van der Waals surface area contributed by atoms with E-state index in [1.54, 1.807) is 11.8 Å². The first-order valence-electron chi connectivity index (χ1n) is 5.85. The molecule has 0 radical (unpaired) electrons. The number of carbonyl (C=O) groups is 1. The van der Waals surface area contributed by atoms with Crippen LogP contribution in [0.5, 0.6) is 0 Å². The maximum atomic E-state index is 11.4. The fourth-order valence-corrected chi connectivity index (χ4v) is 3.09. The lowest BCUT2D eigenvalue weighted by molar-refractivity contribution is -0.122. The summed E-state index contributed by atoms with van der Waals surface area (Å²) in [5.74, 6) is 1.08. The van der Waals surface area contributed by atoms with E-state index in [9.17, 15) is 4.79 Å². The first kappa shape index (κ1) is 15.3. The van der Waals surface area contributed by atoms with Crippen LogP contribution < -0.4 is 11.1 Å². The van der Waals surface area contributed by atoms with Gasteiger partial charge in [0.2, 0.25) is 5.91 Å². The van der Waals surface area contributed by atoms with Gasteiger partial charge in [-0.3, -0.25) is 4.79 Å². The minimum absolute atomic E-state index is 0.323. The number of likely N-dealkylation sites (N-methyl/N-ethyl adjacent to an activating group) is 1. The Bertz CT molecular complexity index is 414. The average molecular weight is 287 g/mol. The van der Waals surface area contributed by atoms with Gasteiger partial charge >= 0.3 is 0 Å². The summed E-state index contributed by atoms with van der Waals surface area (Å²) in [6.07, 6.45) is 0. The van der Waals surface area contributed by atoms with Crippen molar-refractivity contribution in [3.05, 3.63) is 34.9 Å². The Morgan fingerprint density at radius 2 is 2.17 bits per heavy atom. The van der Waals surface area contributed by atoms with Crippen molar-refractivity contribution in [3.8, 4) is 0 Å². The molecule has 1 rings (SSSR count). The monoisotopic (exact) mass is 286 g/mol. The van der Waals surface area contributed by atoms with Crippen molar-refractivity contribution in [2.24, 2.45) is 5.73 Å². The van der Waals surface area contributed by atoms with Gasteiger partial charge in [-0.15, -0.1) is 0 Å². The molecule has 100 valence electrons. The third kappa shape index (κ3) is 4.19. The second-order valence-corrected chi connectivity index (χ2v) is 5.70. The van der Waals surface area contributed by atoms with E-state index in [2.05, 4.69) is 5.32 Å². The molecular weight excluding hydrogens is 268 g/mol. The van der Waals surface area contributed by atoms with Crippen molar-refractivity contribution >= 4 is 29.3 Å². The van der Waals surface area contributed by atoms with Crippen LogP contribution in [-0.2, 0) is 10.5 Å². The molecule has 3 nitrogen and oxygen atoms in total. The number of hydrogen-bond donors (Lipinski definition) is 2. The normalized spacial score (nSPS) is 14.2. The smallest absolute Gasteiger partial charge is 0.238 e. The summed E-state index contributed by atoms with van der Waals surface area (Å²) in [6, 6.07) is 7.72. The largest absolute Gasteiger partial charge is 0.368 e. The van der Waals surface area contributed by atoms with Gasteiger partial charge < -0.3 is 11.1 Å². The van der Waals surface area contributed by atoms with Gasteiger partial charge in [0.1, 0.15) is 5.54 Å². The topological polar surface area (TPSA) is 55.1 Å². The Labute approximate surface area is 117 Å². The Balaban J connectivity index is 2.54. The van der Waals surface area contributed by atoms with Gasteiger partial charge in [0.05, 0.1) is 0 Å². The number of amides is 1. The quantitative estimate of drug-likeness (QED) is 0.809. The average Bonchev–Trinajstić information content (AvgIpc) is 2.32. The summed E-state index contributed by atoms with van der Waals surface area (Å²) in [5.41, 5.74) is 5.84. The van der Waals surface area contributed by atoms with Crippen molar-refractivity contribution in [3.63, 3.8) is 0 Å². The van der Waals surface area contributed by atoms with Crippen LogP contribution in [0.3, 0.4) is 0 Å². The summed E-state index contributed by atoms with van der Waals surface area (Å²) in [5, 5.41) is 3.89. The van der Waals surface area contributed by atoms with E-state index >= 15 is 0 Å². The molecule has 5 heteroatoms. The highest BCUT2D eigenvalue weighted by molar-refractivity contribution is 7.98. The Hall–Kier alpha value is -0.710. The molecule has 0 aliphatic carbocycles. The lowest BCUT2D eigenvalue weighted by atomic mass is 10.1. The highest BCUT2D eigenvalue weighted by Gasteiger charge is 2.29. The van der Waals surface area contributed by atoms with E-state index in [0.717, 1.165) is 16.3 Å². The minimum Gasteiger partial charge on any atom is -0.368 e. The third-order valence-electron chi connectivity index (χ3n) is 2.72. The molecule has 0 aliphatic rings. The summed E-state index contributed by atoms with van der Waals surface area (Å²) in [4.78, 5) is 11.4. The first-order valence-corrected chi connectivity index (χ1v) is 7.39. The molecule has 3 N–H and O–H groups in total. The molecular formula is C13H19ClN2OS. The molecule has 1 amide bonds. The molecule has 0 bridgehead atoms. The zero-order valence-corrected chi connectivity index (χ0v) is 12.3. The number of hydrogen-bond acceptors (Lipinski definition) is 3. The molecule has 18 heavy (non-hydrogen) atoms. The zero-order valence-electron chi connectivity index (χ0n) is 10.7. The molecule has 0 saturated carbocycles. The van der Waals surface area contributed by atoms with Gasteiger partial charge in [-0.05, 0) is 25.1 Å². The predicted molar refractivity (Wildman–Crippen MR) is 78.9 cm³/mol. The predicted octanol–water partition coefficient (Wildman–Crippen LogP) is 2.43. The van der Waals surface area contributed by atoms with Crippen LogP contribution in [-0.4, -0.2) is 23.7 Å². The van der Waals surface area contributed by atoms with Crippen LogP contribution in [0.4, 0.5) is 0 Å². The second-order valence-electron chi connectivity index (χ2n) is 4.31. The summed E-state index contributed by atoms with van der Waals surface area (Å²) in [7, 11) is 0. The molecule has 0 saturated heterocycles. The molecule has 0 aliphatic heterocycles. The number of nitrogens with two attached hydrogens (primary N) is 1. The van der Waals surface area contributed by atoms with E-state index < -0.39 is 5.54 Å². The van der Waals surface area contributed by atoms with Crippen molar-refractivity contribution < 1.29 is 4.79 Å². The molecule has 0 heterocycles. The third-order valence-corrected chi connectivity index (χ3v) is 4.38. The second kappa shape index (κ2) is 7.02. The van der Waals surface area contributed by atoms with Crippen molar-refractivity contribution in [1.82, 2.24) is 5.32 Å². The fraction of sp³-hybridized carbons (Fsp3) is 0.462. The lowest BCUT2D eigenvalue weighted by Gasteiger charge is -2.26. The molecule has 1 unspecified atom stereocenters. The number of thioether (sulfide) groups is 1. The van der Waals surface area contributed by atoms with Crippen LogP contribution in [0.25, 0.3) is 0 Å². The van der Waals surface area contributed by atoms with Crippen LogP contribution >= 0.6 is 23.4 Å². The number of nitrogens with one attached hydrogen (secondary N) is 1. The summed E-state index contributed by atoms with van der Waals surface area (Å²) < 4.78 is 0. The zero-order chi connectivity index (χ0) is 13.6. The van der Waals surface area contributed by atoms with E-state index in [1.807, 2.05) is 38.1 Å². The lowest BCUT2D eigenvalue weighted by Crippen LogP contribution is -2.55. The van der Waals surface area contributed by atoms with Gasteiger partial charge in [-0.1, -0.05) is 36.7 Å². The fourth-order valence-electron chi connectivity index (χ4n) is 1.58. The van der Waals surface area contributed by atoms with E-state index in [0.29, 0.717) is 12.3 Å². The van der Waals surface area contributed by atoms with Gasteiger partial charge in [0, 0.05) is 16.5 Å². The number of primary amides is 1. The maximum absolute atomic E-state index is 11.4. The van der Waals surface area contributed by atoms with Crippen LogP contribution in [0.2, 0.25) is 5.02 Å². The molecule has 0 aromatic heterocycles. The van der Waals surface area contributed by atoms with Crippen LogP contribution in [0.15, 0.2) is 24.3 Å². The Morgan fingerprint density at radius 1 is 1.50 bits per heavy atom. The summed E-state index contributed by atoms with van der Waals surface area (Å²) in [6.45, 7) is 4.50. The SMILES string of the molecule is CCNC(C)(CSCc1ccccc1Cl)C(N)=O. The van der Waals surface area contributed by atoms with Crippen molar-refractivity contribution in [1.29, 1.82) is 0 Å². The van der Waals surface area contributed by atoms with Crippen LogP contribution in [0, 0.1) is 0 Å². The van der Waals surface area contributed by atoms with Crippen molar-refractivity contribution in [2.45, 2.75) is 25.1 Å². The van der Waals surface area contributed by atoms with Gasteiger partial charge in [-0.25, -0.2) is 0 Å². The highest BCUT2D eigenvalue weighted by atomic mass is 35.5. The molecule has 0 fully saturated rings. The molecule has 1 aromatic carbocycles. The van der Waals surface area contributed by atoms with E-state index in [4.69, 9.17) is 17.3 Å². The highest BCUT2D eigenvalue weighted by Crippen LogP contribution is 2.23. The Kier molecular flexibility index (Phi) is 5.99. The number of rotatable bonds is 7. The van der Waals surface area contributed by atoms with E-state index in [-0.39, 0.29) is 5.91 Å². The molecule has 0 spiro atoms. The number of benzene rings is 1. The van der Waals surface area contributed by atoms with Crippen molar-refractivity contribution in [2.75, 3.05) is 12.3 Å². The maximum Gasteiger partial charge on any atom is 0.238 e. The van der Waals surface area contributed by atoms with Gasteiger partial charge in [0.25, 0.3) is 0 Å². The Morgan fingerprint density at radius 3 is 2.72 bits per heavy atom. The van der Waals surface area contributed by atoms with E-state index in [1.165, 1.54) is 0 Å². The molecule has 1 aromatic rings. The van der Waals surface area contributed by atoms with Gasteiger partial charge in [-0.2, -0.15) is 11.8 Å².